The van der Waals surface area contributed by atoms with Crippen LogP contribution in [-0.4, -0.2) is 21.8 Å². The topological polar surface area (TPSA) is 84.0 Å². The molecule has 0 aliphatic rings. The first kappa shape index (κ1) is 23.1. The van der Waals surface area contributed by atoms with Gasteiger partial charge in [0.15, 0.2) is 0 Å². The number of aromatic nitrogens is 2. The fourth-order valence-corrected chi connectivity index (χ4v) is 3.38. The number of nitrogens with one attached hydrogen (secondary N) is 2. The van der Waals surface area contributed by atoms with Crippen LogP contribution >= 0.6 is 0 Å². The molecule has 0 aliphatic carbocycles. The van der Waals surface area contributed by atoms with Crippen molar-refractivity contribution in [3.05, 3.63) is 83.4 Å². The van der Waals surface area contributed by atoms with E-state index in [0.717, 1.165) is 22.3 Å². The molecule has 0 saturated carbocycles. The molecule has 2 heterocycles. The van der Waals surface area contributed by atoms with Gasteiger partial charge in [-0.25, -0.2) is 0 Å². The number of hydrogen-bond donors (Lipinski definition) is 2. The van der Waals surface area contributed by atoms with Crippen molar-refractivity contribution in [2.45, 2.75) is 52.4 Å². The van der Waals surface area contributed by atoms with Gasteiger partial charge in [0.1, 0.15) is 0 Å². The molecule has 0 radical (unpaired) electrons. The smallest absolute Gasteiger partial charge is 0.234 e. The van der Waals surface area contributed by atoms with E-state index in [0.29, 0.717) is 11.4 Å². The molecular weight excluding hydrogens is 400 g/mol. The second-order valence-electron chi connectivity index (χ2n) is 9.05. The summed E-state index contributed by atoms with van der Waals surface area (Å²) in [5.41, 5.74) is 3.43. The predicted octanol–water partition coefficient (Wildman–Crippen LogP) is 4.93. The molecule has 0 bridgehead atoms. The van der Waals surface area contributed by atoms with E-state index >= 15 is 0 Å². The van der Waals surface area contributed by atoms with Gasteiger partial charge < -0.3 is 10.6 Å². The van der Waals surface area contributed by atoms with Crippen LogP contribution in [0.25, 0.3) is 0 Å². The second kappa shape index (κ2) is 8.91. The van der Waals surface area contributed by atoms with Gasteiger partial charge in [-0.1, -0.05) is 12.1 Å². The van der Waals surface area contributed by atoms with Gasteiger partial charge in [0, 0.05) is 36.2 Å². The van der Waals surface area contributed by atoms with Gasteiger partial charge in [-0.3, -0.25) is 19.6 Å². The Morgan fingerprint density at radius 3 is 1.38 bits per heavy atom. The van der Waals surface area contributed by atoms with E-state index < -0.39 is 10.8 Å². The van der Waals surface area contributed by atoms with E-state index in [-0.39, 0.29) is 11.8 Å². The molecule has 0 spiro atoms. The summed E-state index contributed by atoms with van der Waals surface area (Å²) >= 11 is 0. The third-order valence-electron chi connectivity index (χ3n) is 6.19. The highest BCUT2D eigenvalue weighted by Gasteiger charge is 2.32. The zero-order chi connectivity index (χ0) is 23.5. The van der Waals surface area contributed by atoms with Crippen molar-refractivity contribution < 1.29 is 9.59 Å². The molecule has 32 heavy (non-hydrogen) atoms. The minimum absolute atomic E-state index is 0.123. The van der Waals surface area contributed by atoms with Crippen molar-refractivity contribution in [2.75, 3.05) is 10.6 Å². The lowest BCUT2D eigenvalue weighted by Gasteiger charge is -2.26. The van der Waals surface area contributed by atoms with Crippen molar-refractivity contribution in [3.63, 3.8) is 0 Å². The molecule has 0 fully saturated rings. The molecule has 166 valence electrons. The van der Waals surface area contributed by atoms with Crippen molar-refractivity contribution in [1.29, 1.82) is 0 Å². The van der Waals surface area contributed by atoms with Crippen LogP contribution in [0.4, 0.5) is 11.4 Å². The number of carbonyl (C=O) groups is 2. The second-order valence-corrected chi connectivity index (χ2v) is 9.05. The summed E-state index contributed by atoms with van der Waals surface area (Å²) in [6.45, 7) is 11.4. The Balaban J connectivity index is 1.80. The Hall–Kier alpha value is -3.54. The van der Waals surface area contributed by atoms with Gasteiger partial charge in [0.2, 0.25) is 11.8 Å². The first-order valence-corrected chi connectivity index (χ1v) is 10.6. The maximum Gasteiger partial charge on any atom is 0.234 e. The zero-order valence-electron chi connectivity index (χ0n) is 19.5. The fourth-order valence-electron chi connectivity index (χ4n) is 3.38. The molecule has 1 aromatic carbocycles. The Kier molecular flexibility index (Phi) is 6.44. The molecule has 3 aromatic rings. The molecule has 0 unspecified atom stereocenters. The number of rotatable bonds is 6. The van der Waals surface area contributed by atoms with E-state index in [9.17, 15) is 9.59 Å². The Morgan fingerprint density at radius 1 is 0.688 bits per heavy atom. The monoisotopic (exact) mass is 430 g/mol. The van der Waals surface area contributed by atoms with Crippen LogP contribution < -0.4 is 10.6 Å². The SMILES string of the molecule is Cc1c(NC(=O)C(C)(C)c2cccnc2)ccc(NC(=O)C(C)(C)c2cccnc2)c1C. The average Bonchev–Trinajstić information content (AvgIpc) is 2.79. The largest absolute Gasteiger partial charge is 0.325 e. The minimum atomic E-state index is -0.741. The first-order chi connectivity index (χ1) is 15.0. The summed E-state index contributed by atoms with van der Waals surface area (Å²) < 4.78 is 0. The highest BCUT2D eigenvalue weighted by Crippen LogP contribution is 2.31. The lowest BCUT2D eigenvalue weighted by molar-refractivity contribution is -0.121. The van der Waals surface area contributed by atoms with E-state index in [1.165, 1.54) is 0 Å². The zero-order valence-corrected chi connectivity index (χ0v) is 19.5. The van der Waals surface area contributed by atoms with E-state index in [2.05, 4.69) is 20.6 Å². The van der Waals surface area contributed by atoms with Crippen molar-refractivity contribution in [2.24, 2.45) is 0 Å². The molecular formula is C26H30N4O2. The quantitative estimate of drug-likeness (QED) is 0.581. The highest BCUT2D eigenvalue weighted by molar-refractivity contribution is 6.01. The van der Waals surface area contributed by atoms with Crippen LogP contribution in [-0.2, 0) is 20.4 Å². The lowest BCUT2D eigenvalue weighted by Crippen LogP contribution is -2.35. The van der Waals surface area contributed by atoms with Crippen LogP contribution in [0, 0.1) is 13.8 Å². The summed E-state index contributed by atoms with van der Waals surface area (Å²) in [6.07, 6.45) is 6.79. The van der Waals surface area contributed by atoms with E-state index in [4.69, 9.17) is 0 Å². The van der Waals surface area contributed by atoms with Crippen molar-refractivity contribution in [3.8, 4) is 0 Å². The lowest BCUT2D eigenvalue weighted by atomic mass is 9.84. The molecule has 0 saturated heterocycles. The Bertz CT molecular complexity index is 1030. The molecule has 0 aliphatic heterocycles. The van der Waals surface area contributed by atoms with E-state index in [1.807, 2.05) is 77.9 Å². The van der Waals surface area contributed by atoms with Gasteiger partial charge >= 0.3 is 0 Å². The number of anilines is 2. The van der Waals surface area contributed by atoms with E-state index in [1.54, 1.807) is 24.8 Å². The average molecular weight is 431 g/mol. The molecule has 2 aromatic heterocycles. The van der Waals surface area contributed by atoms with Gasteiger partial charge in [0.25, 0.3) is 0 Å². The fraction of sp³-hybridized carbons (Fsp3) is 0.308. The molecule has 6 heteroatoms. The van der Waals surface area contributed by atoms with Gasteiger partial charge in [-0.05, 0) is 88.1 Å². The van der Waals surface area contributed by atoms with Gasteiger partial charge in [-0.2, -0.15) is 0 Å². The molecule has 0 atom stereocenters. The molecule has 2 N–H and O–H groups in total. The van der Waals surface area contributed by atoms with Crippen molar-refractivity contribution in [1.82, 2.24) is 9.97 Å². The molecule has 3 rings (SSSR count). The molecule has 6 nitrogen and oxygen atoms in total. The maximum atomic E-state index is 13.0. The van der Waals surface area contributed by atoms with Crippen LogP contribution in [0.5, 0.6) is 0 Å². The number of amides is 2. The first-order valence-electron chi connectivity index (χ1n) is 10.6. The predicted molar refractivity (Wildman–Crippen MR) is 128 cm³/mol. The third-order valence-corrected chi connectivity index (χ3v) is 6.19. The standard InChI is InChI=1S/C26H30N4O2/c1-17-18(2)22(30-24(32)26(5,6)20-10-8-14-28-16-20)12-11-21(17)29-23(31)25(3,4)19-9-7-13-27-15-19/h7-16H,1-6H3,(H,29,31)(H,30,32). The Labute approximate surface area is 189 Å². The number of carbonyl (C=O) groups excluding carboxylic acids is 2. The summed E-state index contributed by atoms with van der Waals surface area (Å²) in [7, 11) is 0. The van der Waals surface area contributed by atoms with Crippen LogP contribution in [0.3, 0.4) is 0 Å². The minimum Gasteiger partial charge on any atom is -0.325 e. The van der Waals surface area contributed by atoms with Crippen molar-refractivity contribution >= 4 is 23.2 Å². The highest BCUT2D eigenvalue weighted by atomic mass is 16.2. The number of pyridine rings is 2. The number of benzene rings is 1. The van der Waals surface area contributed by atoms with Gasteiger partial charge in [0.05, 0.1) is 10.8 Å². The normalized spacial score (nSPS) is 11.7. The van der Waals surface area contributed by atoms with Crippen LogP contribution in [0.2, 0.25) is 0 Å². The third kappa shape index (κ3) is 4.54. The molecule has 2 amide bonds. The Morgan fingerprint density at radius 2 is 1.06 bits per heavy atom. The van der Waals surface area contributed by atoms with Crippen LogP contribution in [0.15, 0.2) is 61.2 Å². The summed E-state index contributed by atoms with van der Waals surface area (Å²) in [5.74, 6) is -0.245. The summed E-state index contributed by atoms with van der Waals surface area (Å²) in [4.78, 5) is 34.3. The maximum absolute atomic E-state index is 13.0. The van der Waals surface area contributed by atoms with Crippen LogP contribution in [0.1, 0.15) is 49.9 Å². The number of nitrogens with zero attached hydrogens (tertiary/aromatic N) is 2. The number of hydrogen-bond acceptors (Lipinski definition) is 4. The summed E-state index contributed by atoms with van der Waals surface area (Å²) in [5, 5.41) is 6.08. The van der Waals surface area contributed by atoms with Gasteiger partial charge in [-0.15, -0.1) is 0 Å². The summed E-state index contributed by atoms with van der Waals surface area (Å²) in [6, 6.07) is 11.1.